The first kappa shape index (κ1) is 18.8. The highest BCUT2D eigenvalue weighted by Crippen LogP contribution is 2.22. The number of hydrogen-bond donors (Lipinski definition) is 1. The minimum Gasteiger partial charge on any atom is -0.496 e. The number of rotatable bonds is 7. The zero-order chi connectivity index (χ0) is 18.2. The molecule has 0 saturated heterocycles. The lowest BCUT2D eigenvalue weighted by Gasteiger charge is -2.18. The largest absolute Gasteiger partial charge is 0.496 e. The van der Waals surface area contributed by atoms with Crippen LogP contribution in [0.5, 0.6) is 5.75 Å². The van der Waals surface area contributed by atoms with E-state index in [0.717, 1.165) is 5.56 Å². The molecular weight excluding hydrogens is 342 g/mol. The molecule has 1 amide bonds. The van der Waals surface area contributed by atoms with Gasteiger partial charge in [0.2, 0.25) is 0 Å². The van der Waals surface area contributed by atoms with Gasteiger partial charge in [-0.2, -0.15) is 0 Å². The summed E-state index contributed by atoms with van der Waals surface area (Å²) in [6.07, 6.45) is 0.328. The quantitative estimate of drug-likeness (QED) is 0.769. The molecule has 25 heavy (non-hydrogen) atoms. The topological polar surface area (TPSA) is 64.6 Å². The minimum atomic E-state index is -0.807. The molecule has 0 aliphatic carbocycles. The minimum absolute atomic E-state index is 0.237. The van der Waals surface area contributed by atoms with Crippen molar-refractivity contribution in [2.45, 2.75) is 19.4 Å². The molecule has 2 rings (SSSR count). The summed E-state index contributed by atoms with van der Waals surface area (Å²) in [7, 11) is 1.47. The van der Waals surface area contributed by atoms with Crippen molar-refractivity contribution < 1.29 is 19.1 Å². The van der Waals surface area contributed by atoms with Crippen LogP contribution in [0.25, 0.3) is 0 Å². The number of carbonyl (C=O) groups is 2. The van der Waals surface area contributed by atoms with Gasteiger partial charge in [-0.25, -0.2) is 4.79 Å². The molecule has 5 nitrogen and oxygen atoms in total. The fourth-order valence-corrected chi connectivity index (χ4v) is 2.55. The van der Waals surface area contributed by atoms with Crippen molar-refractivity contribution in [1.82, 2.24) is 5.32 Å². The lowest BCUT2D eigenvalue weighted by Crippen LogP contribution is -2.43. The van der Waals surface area contributed by atoms with Gasteiger partial charge in [0, 0.05) is 11.4 Å². The van der Waals surface area contributed by atoms with E-state index in [1.165, 1.54) is 13.2 Å². The monoisotopic (exact) mass is 361 g/mol. The fraction of sp³-hybridized carbons (Fsp3) is 0.263. The summed E-state index contributed by atoms with van der Waals surface area (Å²) >= 11 is 5.97. The van der Waals surface area contributed by atoms with Gasteiger partial charge in [-0.3, -0.25) is 4.79 Å². The predicted octanol–water partition coefficient (Wildman–Crippen LogP) is 3.25. The average Bonchev–Trinajstić information content (AvgIpc) is 2.62. The molecule has 0 spiro atoms. The second kappa shape index (κ2) is 9.08. The van der Waals surface area contributed by atoms with E-state index in [0.29, 0.717) is 17.2 Å². The number of carbonyl (C=O) groups excluding carboxylic acids is 2. The Hall–Kier alpha value is -2.53. The van der Waals surface area contributed by atoms with Gasteiger partial charge in [0.25, 0.3) is 5.91 Å². The maximum Gasteiger partial charge on any atom is 0.328 e. The summed E-state index contributed by atoms with van der Waals surface area (Å²) in [4.78, 5) is 24.9. The molecule has 2 aromatic rings. The van der Waals surface area contributed by atoms with Crippen LogP contribution in [0.2, 0.25) is 5.02 Å². The third-order valence-corrected chi connectivity index (χ3v) is 3.80. The molecule has 0 aliphatic rings. The highest BCUT2D eigenvalue weighted by molar-refractivity contribution is 6.31. The second-order valence-electron chi connectivity index (χ2n) is 5.31. The Morgan fingerprint density at radius 3 is 2.52 bits per heavy atom. The van der Waals surface area contributed by atoms with Crippen molar-refractivity contribution in [2.75, 3.05) is 13.7 Å². The van der Waals surface area contributed by atoms with Crippen LogP contribution in [-0.4, -0.2) is 31.6 Å². The zero-order valence-electron chi connectivity index (χ0n) is 14.1. The number of ether oxygens (including phenoxy) is 2. The highest BCUT2D eigenvalue weighted by atomic mass is 35.5. The molecule has 0 heterocycles. The maximum absolute atomic E-state index is 12.6. The lowest BCUT2D eigenvalue weighted by molar-refractivity contribution is -0.145. The van der Waals surface area contributed by atoms with Crippen LogP contribution in [-0.2, 0) is 16.0 Å². The van der Waals surface area contributed by atoms with E-state index >= 15 is 0 Å². The van der Waals surface area contributed by atoms with Gasteiger partial charge in [0.05, 0.1) is 19.3 Å². The summed E-state index contributed by atoms with van der Waals surface area (Å²) in [5.41, 5.74) is 1.18. The first-order valence-corrected chi connectivity index (χ1v) is 8.28. The van der Waals surface area contributed by atoms with E-state index in [4.69, 9.17) is 21.1 Å². The van der Waals surface area contributed by atoms with E-state index < -0.39 is 17.9 Å². The van der Waals surface area contributed by atoms with Crippen LogP contribution in [0.1, 0.15) is 22.8 Å². The molecule has 1 atom stereocenters. The molecule has 132 valence electrons. The summed E-state index contributed by atoms with van der Waals surface area (Å²) in [6, 6.07) is 13.3. The Morgan fingerprint density at radius 2 is 1.88 bits per heavy atom. The van der Waals surface area contributed by atoms with Crippen molar-refractivity contribution in [3.8, 4) is 5.75 Å². The summed E-state index contributed by atoms with van der Waals surface area (Å²) in [6.45, 7) is 1.96. The number of hydrogen-bond acceptors (Lipinski definition) is 4. The molecule has 0 bridgehead atoms. The molecule has 6 heteroatoms. The smallest absolute Gasteiger partial charge is 0.328 e. The van der Waals surface area contributed by atoms with Gasteiger partial charge in [-0.15, -0.1) is 0 Å². The van der Waals surface area contributed by atoms with Crippen molar-refractivity contribution in [3.63, 3.8) is 0 Å². The lowest BCUT2D eigenvalue weighted by atomic mass is 10.1. The molecule has 0 aliphatic heterocycles. The number of methoxy groups -OCH3 is 1. The van der Waals surface area contributed by atoms with Crippen LogP contribution in [0.3, 0.4) is 0 Å². The van der Waals surface area contributed by atoms with Gasteiger partial charge in [-0.1, -0.05) is 41.9 Å². The standard InChI is InChI=1S/C19H20ClNO4/c1-3-25-19(23)16(11-13-7-5-4-6-8-13)21-18(22)15-12-14(20)9-10-17(15)24-2/h4-10,12,16H,3,11H2,1-2H3,(H,21,22). The molecule has 1 unspecified atom stereocenters. The van der Waals surface area contributed by atoms with Gasteiger partial charge in [0.1, 0.15) is 11.8 Å². The summed E-state index contributed by atoms with van der Waals surface area (Å²) < 4.78 is 10.3. The predicted molar refractivity (Wildman–Crippen MR) is 96.0 cm³/mol. The number of amides is 1. The van der Waals surface area contributed by atoms with Crippen molar-refractivity contribution in [1.29, 1.82) is 0 Å². The van der Waals surface area contributed by atoms with E-state index in [9.17, 15) is 9.59 Å². The van der Waals surface area contributed by atoms with Gasteiger partial charge in [0.15, 0.2) is 0 Å². The zero-order valence-corrected chi connectivity index (χ0v) is 14.9. The van der Waals surface area contributed by atoms with E-state index in [1.807, 2.05) is 30.3 Å². The Labute approximate surface area is 151 Å². The summed E-state index contributed by atoms with van der Waals surface area (Å²) in [5, 5.41) is 3.12. The Kier molecular flexibility index (Phi) is 6.83. The van der Waals surface area contributed by atoms with E-state index in [-0.39, 0.29) is 12.2 Å². The van der Waals surface area contributed by atoms with Gasteiger partial charge >= 0.3 is 5.97 Å². The van der Waals surface area contributed by atoms with E-state index in [2.05, 4.69) is 5.32 Å². The first-order chi connectivity index (χ1) is 12.0. The van der Waals surface area contributed by atoms with Crippen LogP contribution in [0, 0.1) is 0 Å². The van der Waals surface area contributed by atoms with Crippen LogP contribution < -0.4 is 10.1 Å². The van der Waals surface area contributed by atoms with Gasteiger partial charge in [-0.05, 0) is 30.7 Å². The number of halogens is 1. The normalized spacial score (nSPS) is 11.5. The van der Waals surface area contributed by atoms with Gasteiger partial charge < -0.3 is 14.8 Å². The number of esters is 1. The van der Waals surface area contributed by atoms with Crippen LogP contribution >= 0.6 is 11.6 Å². The molecule has 2 aromatic carbocycles. The Bertz CT molecular complexity index is 733. The Morgan fingerprint density at radius 1 is 1.16 bits per heavy atom. The third kappa shape index (κ3) is 5.22. The number of nitrogens with one attached hydrogen (secondary N) is 1. The maximum atomic E-state index is 12.6. The summed E-state index contributed by atoms with van der Waals surface area (Å²) in [5.74, 6) is -0.557. The highest BCUT2D eigenvalue weighted by Gasteiger charge is 2.24. The van der Waals surface area contributed by atoms with E-state index in [1.54, 1.807) is 19.1 Å². The molecule has 0 radical (unpaired) electrons. The molecule has 1 N–H and O–H groups in total. The van der Waals surface area contributed by atoms with Crippen LogP contribution in [0.15, 0.2) is 48.5 Å². The molecule has 0 aromatic heterocycles. The Balaban J connectivity index is 2.22. The third-order valence-electron chi connectivity index (χ3n) is 3.57. The molecule has 0 fully saturated rings. The average molecular weight is 362 g/mol. The SMILES string of the molecule is CCOC(=O)C(Cc1ccccc1)NC(=O)c1cc(Cl)ccc1OC. The molecular formula is C19H20ClNO4. The number of benzene rings is 2. The van der Waals surface area contributed by atoms with Crippen LogP contribution in [0.4, 0.5) is 0 Å². The van der Waals surface area contributed by atoms with Crippen molar-refractivity contribution in [2.24, 2.45) is 0 Å². The van der Waals surface area contributed by atoms with Crippen molar-refractivity contribution in [3.05, 3.63) is 64.7 Å². The fourth-order valence-electron chi connectivity index (χ4n) is 2.38. The first-order valence-electron chi connectivity index (χ1n) is 7.90. The molecule has 0 saturated carbocycles. The van der Waals surface area contributed by atoms with Crippen molar-refractivity contribution >= 4 is 23.5 Å². The second-order valence-corrected chi connectivity index (χ2v) is 5.75.